The van der Waals surface area contributed by atoms with Gasteiger partial charge in [-0.2, -0.15) is 0 Å². The van der Waals surface area contributed by atoms with Crippen molar-refractivity contribution in [3.63, 3.8) is 0 Å². The Morgan fingerprint density at radius 3 is 2.63 bits per heavy atom. The maximum Gasteiger partial charge on any atom is 0.329 e. The highest BCUT2D eigenvalue weighted by molar-refractivity contribution is 6.30. The maximum atomic E-state index is 12.0. The molecule has 1 N–H and O–H groups in total. The molecule has 0 aliphatic rings. The first-order valence-corrected chi connectivity index (χ1v) is 6.57. The van der Waals surface area contributed by atoms with Crippen LogP contribution < -0.4 is 11.2 Å². The zero-order chi connectivity index (χ0) is 14.3. The highest BCUT2D eigenvalue weighted by atomic mass is 35.5. The van der Waals surface area contributed by atoms with Gasteiger partial charge in [-0.25, -0.2) is 4.79 Å². The number of methoxy groups -OCH3 is 1. The van der Waals surface area contributed by atoms with Crippen molar-refractivity contribution in [1.29, 1.82) is 0 Å². The summed E-state index contributed by atoms with van der Waals surface area (Å²) in [5.74, 6) is 0. The van der Waals surface area contributed by atoms with Gasteiger partial charge >= 0.3 is 5.69 Å². The first kappa shape index (κ1) is 15.9. The Hall–Kier alpha value is -1.11. The van der Waals surface area contributed by atoms with E-state index in [0.717, 1.165) is 4.57 Å². The summed E-state index contributed by atoms with van der Waals surface area (Å²) in [4.78, 5) is 26.1. The molecule has 0 fully saturated rings. The van der Waals surface area contributed by atoms with Gasteiger partial charge in [-0.1, -0.05) is 18.5 Å². The number of H-pyrrole nitrogens is 1. The topological polar surface area (TPSA) is 73.3 Å². The molecule has 0 aromatic carbocycles. The lowest BCUT2D eigenvalue weighted by Gasteiger charge is -2.08. The number of aromatic amines is 1. The molecule has 0 spiro atoms. The van der Waals surface area contributed by atoms with E-state index < -0.39 is 5.69 Å². The predicted octanol–water partition coefficient (Wildman–Crippen LogP) is 0.805. The Kier molecular flexibility index (Phi) is 6.83. The molecule has 0 atom stereocenters. The van der Waals surface area contributed by atoms with E-state index in [1.165, 1.54) is 0 Å². The SMILES string of the molecule is CCc1c(Cl)[nH]c(=O)n(CCCOCCOC)c1=O. The summed E-state index contributed by atoms with van der Waals surface area (Å²) in [6, 6.07) is 0. The van der Waals surface area contributed by atoms with Crippen LogP contribution in [0.2, 0.25) is 5.15 Å². The van der Waals surface area contributed by atoms with E-state index in [9.17, 15) is 9.59 Å². The normalized spacial score (nSPS) is 10.9. The van der Waals surface area contributed by atoms with Gasteiger partial charge in [0.25, 0.3) is 5.56 Å². The number of hydrogen-bond acceptors (Lipinski definition) is 4. The predicted molar refractivity (Wildman–Crippen MR) is 73.0 cm³/mol. The second-order valence-electron chi connectivity index (χ2n) is 3.99. The highest BCUT2D eigenvalue weighted by Crippen LogP contribution is 2.05. The Bertz CT molecular complexity index is 509. The van der Waals surface area contributed by atoms with Gasteiger partial charge in [0.05, 0.1) is 18.8 Å². The van der Waals surface area contributed by atoms with Crippen LogP contribution in [0.4, 0.5) is 0 Å². The summed E-state index contributed by atoms with van der Waals surface area (Å²) in [7, 11) is 1.60. The summed E-state index contributed by atoms with van der Waals surface area (Å²) in [5.41, 5.74) is -0.376. The smallest absolute Gasteiger partial charge is 0.329 e. The molecule has 7 heteroatoms. The summed E-state index contributed by atoms with van der Waals surface area (Å²) in [5, 5.41) is 0.130. The van der Waals surface area contributed by atoms with Crippen LogP contribution in [0.5, 0.6) is 0 Å². The van der Waals surface area contributed by atoms with E-state index in [4.69, 9.17) is 21.1 Å². The number of halogens is 1. The van der Waals surface area contributed by atoms with E-state index in [1.54, 1.807) is 7.11 Å². The molecular formula is C12H19ClN2O4. The number of nitrogens with one attached hydrogen (secondary N) is 1. The lowest BCUT2D eigenvalue weighted by atomic mass is 10.2. The summed E-state index contributed by atoms with van der Waals surface area (Å²) in [6.45, 7) is 3.63. The van der Waals surface area contributed by atoms with Gasteiger partial charge in [0, 0.05) is 20.3 Å². The molecule has 1 aromatic rings. The lowest BCUT2D eigenvalue weighted by Crippen LogP contribution is -2.37. The molecule has 0 saturated heterocycles. The fourth-order valence-electron chi connectivity index (χ4n) is 1.66. The quantitative estimate of drug-likeness (QED) is 0.568. The molecule has 1 heterocycles. The molecule has 0 aliphatic carbocycles. The molecule has 6 nitrogen and oxygen atoms in total. The number of hydrogen-bond donors (Lipinski definition) is 1. The third-order valence-electron chi connectivity index (χ3n) is 2.69. The van der Waals surface area contributed by atoms with Crippen LogP contribution in [0, 0.1) is 0 Å². The van der Waals surface area contributed by atoms with Crippen molar-refractivity contribution >= 4 is 11.6 Å². The fraction of sp³-hybridized carbons (Fsp3) is 0.667. The fourth-order valence-corrected chi connectivity index (χ4v) is 1.96. The number of nitrogens with zero attached hydrogens (tertiary/aromatic N) is 1. The molecule has 1 rings (SSSR count). The van der Waals surface area contributed by atoms with E-state index in [-0.39, 0.29) is 10.7 Å². The molecule has 19 heavy (non-hydrogen) atoms. The molecule has 0 unspecified atom stereocenters. The molecule has 0 amide bonds. The second kappa shape index (κ2) is 8.14. The first-order chi connectivity index (χ1) is 9.11. The van der Waals surface area contributed by atoms with Crippen LogP contribution >= 0.6 is 11.6 Å². The van der Waals surface area contributed by atoms with E-state index in [2.05, 4.69) is 4.98 Å². The van der Waals surface area contributed by atoms with Crippen LogP contribution in [0.25, 0.3) is 0 Å². The lowest BCUT2D eigenvalue weighted by molar-refractivity contribution is 0.0678. The average molecular weight is 291 g/mol. The van der Waals surface area contributed by atoms with Gasteiger partial charge in [-0.3, -0.25) is 14.3 Å². The van der Waals surface area contributed by atoms with Gasteiger partial charge in [0.15, 0.2) is 0 Å². The summed E-state index contributed by atoms with van der Waals surface area (Å²) in [6.07, 6.45) is 1.07. The minimum absolute atomic E-state index is 0.130. The minimum atomic E-state index is -0.482. The van der Waals surface area contributed by atoms with Gasteiger partial charge in [0.2, 0.25) is 0 Å². The largest absolute Gasteiger partial charge is 0.382 e. The first-order valence-electron chi connectivity index (χ1n) is 6.20. The Morgan fingerprint density at radius 2 is 2.00 bits per heavy atom. The Balaban J connectivity index is 2.64. The van der Waals surface area contributed by atoms with Crippen molar-refractivity contribution in [2.75, 3.05) is 26.9 Å². The van der Waals surface area contributed by atoms with Crippen molar-refractivity contribution in [1.82, 2.24) is 9.55 Å². The van der Waals surface area contributed by atoms with E-state index in [0.29, 0.717) is 44.8 Å². The third-order valence-corrected chi connectivity index (χ3v) is 3.01. The number of rotatable bonds is 8. The molecule has 0 bridgehead atoms. The Labute approximate surface area is 116 Å². The van der Waals surface area contributed by atoms with Crippen molar-refractivity contribution in [3.8, 4) is 0 Å². The average Bonchev–Trinajstić information content (AvgIpc) is 2.37. The van der Waals surface area contributed by atoms with Gasteiger partial charge in [-0.15, -0.1) is 0 Å². The van der Waals surface area contributed by atoms with Crippen molar-refractivity contribution in [3.05, 3.63) is 31.6 Å². The zero-order valence-corrected chi connectivity index (χ0v) is 12.0. The third kappa shape index (κ3) is 4.49. The number of aromatic nitrogens is 2. The second-order valence-corrected chi connectivity index (χ2v) is 4.37. The molecule has 0 radical (unpaired) electrons. The van der Waals surface area contributed by atoms with Gasteiger partial charge in [-0.05, 0) is 12.8 Å². The zero-order valence-electron chi connectivity index (χ0n) is 11.2. The maximum absolute atomic E-state index is 12.0. The van der Waals surface area contributed by atoms with Crippen molar-refractivity contribution < 1.29 is 9.47 Å². The monoisotopic (exact) mass is 290 g/mol. The van der Waals surface area contributed by atoms with Gasteiger partial charge in [0.1, 0.15) is 5.15 Å². The standard InChI is InChI=1S/C12H19ClN2O4/c1-3-9-10(13)14-12(17)15(11(9)16)5-4-6-19-8-7-18-2/h3-8H2,1-2H3,(H,14,17). The van der Waals surface area contributed by atoms with E-state index >= 15 is 0 Å². The van der Waals surface area contributed by atoms with Crippen molar-refractivity contribution in [2.24, 2.45) is 0 Å². The van der Waals surface area contributed by atoms with Crippen molar-refractivity contribution in [2.45, 2.75) is 26.3 Å². The molecule has 0 saturated carbocycles. The van der Waals surface area contributed by atoms with Crippen LogP contribution in [0.3, 0.4) is 0 Å². The number of ether oxygens (including phenoxy) is 2. The minimum Gasteiger partial charge on any atom is -0.382 e. The van der Waals surface area contributed by atoms with Gasteiger partial charge < -0.3 is 9.47 Å². The molecule has 0 aliphatic heterocycles. The van der Waals surface area contributed by atoms with E-state index in [1.807, 2.05) is 6.92 Å². The van der Waals surface area contributed by atoms with Crippen LogP contribution in [-0.2, 0) is 22.4 Å². The molecule has 108 valence electrons. The van der Waals surface area contributed by atoms with Crippen LogP contribution in [-0.4, -0.2) is 36.5 Å². The summed E-state index contributed by atoms with van der Waals surface area (Å²) < 4.78 is 11.3. The Morgan fingerprint density at radius 1 is 1.26 bits per heavy atom. The highest BCUT2D eigenvalue weighted by Gasteiger charge is 2.10. The summed E-state index contributed by atoms with van der Waals surface area (Å²) >= 11 is 5.82. The van der Waals surface area contributed by atoms with Crippen LogP contribution in [0.1, 0.15) is 18.9 Å². The molecular weight excluding hydrogens is 272 g/mol. The molecule has 1 aromatic heterocycles. The van der Waals surface area contributed by atoms with Crippen LogP contribution in [0.15, 0.2) is 9.59 Å².